The fraction of sp³-hybridized carbons (Fsp3) is 0.323. The Morgan fingerprint density at radius 3 is 2.32 bits per heavy atom. The van der Waals surface area contributed by atoms with E-state index in [-0.39, 0.29) is 18.2 Å². The van der Waals surface area contributed by atoms with Gasteiger partial charge < -0.3 is 20.1 Å². The number of β-amino-alcohol motifs (C(OH)–C–C–N with tert-alkyl or cyclic N) is 1. The third-order valence-electron chi connectivity index (χ3n) is 6.43. The first-order chi connectivity index (χ1) is 18.1. The predicted molar refractivity (Wildman–Crippen MR) is 150 cm³/mol. The van der Waals surface area contributed by atoms with E-state index in [9.17, 15) is 9.90 Å². The van der Waals surface area contributed by atoms with Crippen molar-refractivity contribution in [1.82, 2.24) is 15.2 Å². The van der Waals surface area contributed by atoms with Gasteiger partial charge in [-0.25, -0.2) is 0 Å². The zero-order valence-corrected chi connectivity index (χ0v) is 22.5. The molecule has 1 aliphatic rings. The summed E-state index contributed by atoms with van der Waals surface area (Å²) < 4.78 is 6.01. The van der Waals surface area contributed by atoms with E-state index in [4.69, 9.17) is 10.1 Å². The number of nitrogens with zero attached hydrogens (tertiary/aromatic N) is 2. The molecule has 7 nitrogen and oxygen atoms in total. The minimum atomic E-state index is -1.02. The Kier molecular flexibility index (Phi) is 8.27. The van der Waals surface area contributed by atoms with Crippen molar-refractivity contribution in [3.8, 4) is 5.75 Å². The number of hydrogen-bond acceptors (Lipinski definition) is 6. The van der Waals surface area contributed by atoms with Crippen molar-refractivity contribution in [3.63, 3.8) is 0 Å². The van der Waals surface area contributed by atoms with Crippen LogP contribution in [0.2, 0.25) is 0 Å². The Balaban J connectivity index is 1.62. The summed E-state index contributed by atoms with van der Waals surface area (Å²) >= 11 is 0. The van der Waals surface area contributed by atoms with E-state index < -0.39 is 5.60 Å². The molecule has 0 aliphatic carbocycles. The number of hydrogen-bond donors (Lipinski definition) is 3. The Hall–Kier alpha value is -3.97. The van der Waals surface area contributed by atoms with Crippen molar-refractivity contribution >= 4 is 17.2 Å². The second kappa shape index (κ2) is 11.6. The van der Waals surface area contributed by atoms with E-state index in [0.717, 1.165) is 11.1 Å². The fourth-order valence-electron chi connectivity index (χ4n) is 4.42. The minimum absolute atomic E-state index is 0.206. The molecule has 1 aliphatic heterocycles. The summed E-state index contributed by atoms with van der Waals surface area (Å²) in [5.41, 5.74) is 3.80. The molecular formula is C31H36N4O3. The van der Waals surface area contributed by atoms with Gasteiger partial charge in [0.1, 0.15) is 18.1 Å². The number of aromatic nitrogens is 1. The van der Waals surface area contributed by atoms with Crippen LogP contribution >= 0.6 is 0 Å². The maximum Gasteiger partial charge on any atom is 0.270 e. The second-order valence-electron chi connectivity index (χ2n) is 10.5. The highest BCUT2D eigenvalue weighted by molar-refractivity contribution is 6.34. The molecule has 2 aromatic carbocycles. The summed E-state index contributed by atoms with van der Waals surface area (Å²) in [4.78, 5) is 19.2. The molecule has 3 aromatic rings. The molecule has 0 saturated carbocycles. The SMILES string of the molecule is CC(C)c1ccc(COc2ccc(/C(C(=N)c3ccncc3)=C3/NCCN(CC(C)(C)O)C3=O)cc2)cc1. The largest absolute Gasteiger partial charge is 0.489 e. The van der Waals surface area contributed by atoms with E-state index in [1.165, 1.54) is 5.56 Å². The lowest BCUT2D eigenvalue weighted by molar-refractivity contribution is -0.131. The number of nitrogens with one attached hydrogen (secondary N) is 2. The van der Waals surface area contributed by atoms with Crippen LogP contribution in [-0.4, -0.2) is 51.8 Å². The summed E-state index contributed by atoms with van der Waals surface area (Å²) in [6, 6.07) is 19.4. The summed E-state index contributed by atoms with van der Waals surface area (Å²) in [7, 11) is 0. The van der Waals surface area contributed by atoms with Crippen LogP contribution in [0.25, 0.3) is 5.57 Å². The van der Waals surface area contributed by atoms with Gasteiger partial charge in [-0.05, 0) is 60.7 Å². The molecule has 0 atom stereocenters. The molecule has 4 rings (SSSR count). The van der Waals surface area contributed by atoms with Crippen LogP contribution in [0.15, 0.2) is 78.8 Å². The first-order valence-corrected chi connectivity index (χ1v) is 12.9. The van der Waals surface area contributed by atoms with Gasteiger partial charge >= 0.3 is 0 Å². The Morgan fingerprint density at radius 1 is 1.05 bits per heavy atom. The summed E-state index contributed by atoms with van der Waals surface area (Å²) in [6.07, 6.45) is 3.26. The lowest BCUT2D eigenvalue weighted by Crippen LogP contribution is -2.51. The Bertz CT molecular complexity index is 1290. The Labute approximate surface area is 224 Å². The third kappa shape index (κ3) is 6.66. The number of aliphatic hydroxyl groups is 1. The van der Waals surface area contributed by atoms with Crippen molar-refractivity contribution in [2.24, 2.45) is 0 Å². The van der Waals surface area contributed by atoms with Gasteiger partial charge in [0.15, 0.2) is 0 Å². The van der Waals surface area contributed by atoms with Gasteiger partial charge in [0.05, 0.1) is 11.3 Å². The molecular weight excluding hydrogens is 476 g/mol. The fourth-order valence-corrected chi connectivity index (χ4v) is 4.42. The van der Waals surface area contributed by atoms with Crippen LogP contribution in [0.3, 0.4) is 0 Å². The maximum atomic E-state index is 13.5. The number of ether oxygens (including phenoxy) is 1. The molecule has 7 heteroatoms. The quantitative estimate of drug-likeness (QED) is 0.284. The number of rotatable bonds is 9. The number of allylic oxidation sites excluding steroid dienone is 1. The highest BCUT2D eigenvalue weighted by Gasteiger charge is 2.31. The van der Waals surface area contributed by atoms with E-state index >= 15 is 0 Å². The van der Waals surface area contributed by atoms with Crippen LogP contribution in [0.1, 0.15) is 55.9 Å². The first kappa shape index (κ1) is 27.1. The van der Waals surface area contributed by atoms with Crippen LogP contribution in [-0.2, 0) is 11.4 Å². The first-order valence-electron chi connectivity index (χ1n) is 12.9. The number of carbonyl (C=O) groups is 1. The van der Waals surface area contributed by atoms with Crippen LogP contribution in [0.4, 0.5) is 0 Å². The lowest BCUT2D eigenvalue weighted by atomic mass is 9.93. The van der Waals surface area contributed by atoms with Crippen molar-refractivity contribution in [1.29, 1.82) is 5.41 Å². The molecule has 0 radical (unpaired) electrons. The van der Waals surface area contributed by atoms with Gasteiger partial charge in [0.2, 0.25) is 0 Å². The molecule has 0 bridgehead atoms. The van der Waals surface area contributed by atoms with Crippen molar-refractivity contribution in [2.45, 2.75) is 45.8 Å². The molecule has 0 spiro atoms. The van der Waals surface area contributed by atoms with Gasteiger partial charge in [-0.3, -0.25) is 15.2 Å². The second-order valence-corrected chi connectivity index (χ2v) is 10.5. The monoisotopic (exact) mass is 512 g/mol. The van der Waals surface area contributed by atoms with Gasteiger partial charge in [0.25, 0.3) is 5.91 Å². The van der Waals surface area contributed by atoms with Gasteiger partial charge in [-0.2, -0.15) is 0 Å². The molecule has 0 unspecified atom stereocenters. The average molecular weight is 513 g/mol. The minimum Gasteiger partial charge on any atom is -0.489 e. The topological polar surface area (TPSA) is 98.5 Å². The van der Waals surface area contributed by atoms with E-state index in [0.29, 0.717) is 48.2 Å². The van der Waals surface area contributed by atoms with Gasteiger partial charge in [-0.1, -0.05) is 50.2 Å². The van der Waals surface area contributed by atoms with Gasteiger partial charge in [0, 0.05) is 43.2 Å². The van der Waals surface area contributed by atoms with Crippen LogP contribution in [0, 0.1) is 5.41 Å². The normalized spacial score (nSPS) is 15.3. The molecule has 1 amide bonds. The van der Waals surface area contributed by atoms with Gasteiger partial charge in [-0.15, -0.1) is 0 Å². The van der Waals surface area contributed by atoms with E-state index in [1.54, 1.807) is 43.3 Å². The van der Waals surface area contributed by atoms with Crippen molar-refractivity contribution < 1.29 is 14.6 Å². The van der Waals surface area contributed by atoms with Crippen LogP contribution in [0.5, 0.6) is 5.75 Å². The molecule has 38 heavy (non-hydrogen) atoms. The molecule has 1 fully saturated rings. The highest BCUT2D eigenvalue weighted by atomic mass is 16.5. The molecule has 1 aromatic heterocycles. The van der Waals surface area contributed by atoms with E-state index in [1.807, 2.05) is 24.3 Å². The standard InChI is InChI=1S/C31H36N4O3/c1-21(2)23-7-5-22(6-8-23)19-38-26-11-9-24(10-12-26)27(28(32)25-13-15-33-16-14-25)29-30(36)35(18-17-34-29)20-31(3,4)37/h5-16,21,32,34,37H,17-20H2,1-4H3/b29-27-,32-28?. The molecule has 3 N–H and O–H groups in total. The number of carbonyl (C=O) groups excluding carboxylic acids is 1. The van der Waals surface area contributed by atoms with E-state index in [2.05, 4.69) is 48.4 Å². The smallest absolute Gasteiger partial charge is 0.270 e. The van der Waals surface area contributed by atoms with Crippen molar-refractivity contribution in [2.75, 3.05) is 19.6 Å². The average Bonchev–Trinajstić information content (AvgIpc) is 2.90. The molecule has 1 saturated heterocycles. The zero-order chi connectivity index (χ0) is 27.3. The molecule has 2 heterocycles. The predicted octanol–water partition coefficient (Wildman–Crippen LogP) is 4.77. The summed E-state index contributed by atoms with van der Waals surface area (Å²) in [5, 5.41) is 22.6. The zero-order valence-electron chi connectivity index (χ0n) is 22.5. The Morgan fingerprint density at radius 2 is 1.71 bits per heavy atom. The summed E-state index contributed by atoms with van der Waals surface area (Å²) in [6.45, 7) is 9.38. The summed E-state index contributed by atoms with van der Waals surface area (Å²) in [5.74, 6) is 0.949. The third-order valence-corrected chi connectivity index (χ3v) is 6.43. The highest BCUT2D eigenvalue weighted by Crippen LogP contribution is 2.27. The van der Waals surface area contributed by atoms with Crippen molar-refractivity contribution in [3.05, 3.63) is 101 Å². The number of pyridine rings is 1. The molecule has 198 valence electrons. The maximum absolute atomic E-state index is 13.5. The van der Waals surface area contributed by atoms with Crippen LogP contribution < -0.4 is 10.1 Å². The number of benzene rings is 2. The number of amides is 1. The lowest BCUT2D eigenvalue weighted by Gasteiger charge is -2.34. The number of piperazine rings is 1.